The van der Waals surface area contributed by atoms with Crippen molar-refractivity contribution >= 4 is 11.9 Å². The zero-order valence-corrected chi connectivity index (χ0v) is 13.6. The Balaban J connectivity index is 1.81. The number of aromatic nitrogens is 2. The number of nitrogens with zero attached hydrogens (tertiary/aromatic N) is 1. The van der Waals surface area contributed by atoms with Crippen molar-refractivity contribution in [3.05, 3.63) is 52.8 Å². The highest BCUT2D eigenvalue weighted by Gasteiger charge is 2.21. The molecule has 0 fully saturated rings. The van der Waals surface area contributed by atoms with Gasteiger partial charge in [-0.1, -0.05) is 30.3 Å². The molecular weight excluding hydrogens is 294 g/mol. The van der Waals surface area contributed by atoms with E-state index in [1.54, 1.807) is 6.92 Å². The third-order valence-corrected chi connectivity index (χ3v) is 3.66. The maximum Gasteiger partial charge on any atom is 0.325 e. The van der Waals surface area contributed by atoms with E-state index in [9.17, 15) is 9.59 Å². The molecule has 1 aromatic carbocycles. The van der Waals surface area contributed by atoms with E-state index in [1.807, 2.05) is 44.2 Å². The van der Waals surface area contributed by atoms with Crippen LogP contribution in [0, 0.1) is 13.8 Å². The van der Waals surface area contributed by atoms with Crippen LogP contribution in [0.25, 0.3) is 0 Å². The number of rotatable bonds is 6. The number of carbonyl (C=O) groups excluding carboxylic acids is 2. The first-order valence-corrected chi connectivity index (χ1v) is 7.47. The summed E-state index contributed by atoms with van der Waals surface area (Å²) in [6.07, 6.45) is 0. The molecule has 2 rings (SSSR count). The van der Waals surface area contributed by atoms with E-state index in [0.29, 0.717) is 0 Å². The van der Waals surface area contributed by atoms with Crippen molar-refractivity contribution in [1.82, 2.24) is 15.5 Å². The molecule has 1 atom stereocenters. The van der Waals surface area contributed by atoms with E-state index in [0.717, 1.165) is 22.5 Å². The van der Waals surface area contributed by atoms with Crippen LogP contribution in [0.5, 0.6) is 0 Å². The van der Waals surface area contributed by atoms with Crippen LogP contribution in [0.15, 0.2) is 30.3 Å². The SMILES string of the molecule is Cc1n[nH]c(C)c1[C@@H](C)C(=O)NCC(=O)OCc1ccccc1. The largest absolute Gasteiger partial charge is 0.460 e. The molecule has 0 radical (unpaired) electrons. The molecule has 1 heterocycles. The molecule has 6 nitrogen and oxygen atoms in total. The fraction of sp³-hybridized carbons (Fsp3) is 0.353. The molecule has 0 aliphatic rings. The van der Waals surface area contributed by atoms with Crippen LogP contribution in [-0.4, -0.2) is 28.6 Å². The van der Waals surface area contributed by atoms with Crippen molar-refractivity contribution in [2.75, 3.05) is 6.54 Å². The lowest BCUT2D eigenvalue weighted by Crippen LogP contribution is -2.33. The van der Waals surface area contributed by atoms with Gasteiger partial charge in [0.15, 0.2) is 0 Å². The van der Waals surface area contributed by atoms with Crippen molar-refractivity contribution < 1.29 is 14.3 Å². The molecule has 0 saturated heterocycles. The van der Waals surface area contributed by atoms with E-state index in [4.69, 9.17) is 4.74 Å². The lowest BCUT2D eigenvalue weighted by molar-refractivity contribution is -0.145. The molecule has 0 aliphatic heterocycles. The van der Waals surface area contributed by atoms with Gasteiger partial charge in [-0.05, 0) is 26.3 Å². The first-order valence-electron chi connectivity index (χ1n) is 7.47. The number of aryl methyl sites for hydroxylation is 2. The summed E-state index contributed by atoms with van der Waals surface area (Å²) >= 11 is 0. The fourth-order valence-electron chi connectivity index (χ4n) is 2.43. The molecule has 0 saturated carbocycles. The minimum Gasteiger partial charge on any atom is -0.460 e. The van der Waals surface area contributed by atoms with E-state index >= 15 is 0 Å². The summed E-state index contributed by atoms with van der Waals surface area (Å²) in [5.41, 5.74) is 3.42. The van der Waals surface area contributed by atoms with Crippen molar-refractivity contribution in [3.63, 3.8) is 0 Å². The van der Waals surface area contributed by atoms with E-state index < -0.39 is 5.97 Å². The summed E-state index contributed by atoms with van der Waals surface area (Å²) < 4.78 is 5.12. The van der Waals surface area contributed by atoms with Gasteiger partial charge in [-0.25, -0.2) is 0 Å². The molecule has 2 N–H and O–H groups in total. The van der Waals surface area contributed by atoms with Crippen LogP contribution in [0.1, 0.15) is 35.4 Å². The maximum atomic E-state index is 12.2. The number of benzene rings is 1. The van der Waals surface area contributed by atoms with E-state index in [-0.39, 0.29) is 25.0 Å². The second kappa shape index (κ2) is 7.58. The molecule has 0 bridgehead atoms. The molecule has 6 heteroatoms. The Bertz CT molecular complexity index is 660. The number of amides is 1. The Hall–Kier alpha value is -2.63. The molecule has 1 aromatic heterocycles. The molecular formula is C17H21N3O3. The number of nitrogens with one attached hydrogen (secondary N) is 2. The van der Waals surface area contributed by atoms with Crippen molar-refractivity contribution in [3.8, 4) is 0 Å². The first kappa shape index (κ1) is 16.7. The minimum absolute atomic E-state index is 0.147. The van der Waals surface area contributed by atoms with Gasteiger partial charge in [0.1, 0.15) is 13.2 Å². The maximum absolute atomic E-state index is 12.2. The Kier molecular flexibility index (Phi) is 5.51. The van der Waals surface area contributed by atoms with Crippen LogP contribution in [0.2, 0.25) is 0 Å². The van der Waals surface area contributed by atoms with Gasteiger partial charge in [-0.2, -0.15) is 5.10 Å². The fourth-order valence-corrected chi connectivity index (χ4v) is 2.43. The molecule has 0 aliphatic carbocycles. The Morgan fingerprint density at radius 1 is 1.26 bits per heavy atom. The second-order valence-corrected chi connectivity index (χ2v) is 5.43. The molecule has 1 amide bonds. The van der Waals surface area contributed by atoms with E-state index in [2.05, 4.69) is 15.5 Å². The van der Waals surface area contributed by atoms with Gasteiger partial charge in [0.25, 0.3) is 0 Å². The van der Waals surface area contributed by atoms with Crippen LogP contribution in [-0.2, 0) is 20.9 Å². The Morgan fingerprint density at radius 3 is 2.57 bits per heavy atom. The third-order valence-electron chi connectivity index (χ3n) is 3.66. The summed E-state index contributed by atoms with van der Waals surface area (Å²) in [6, 6.07) is 9.40. The Labute approximate surface area is 135 Å². The predicted octanol–water partition coefficient (Wildman–Crippen LogP) is 1.99. The summed E-state index contributed by atoms with van der Waals surface area (Å²) in [6.45, 7) is 5.55. The van der Waals surface area contributed by atoms with Crippen LogP contribution in [0.3, 0.4) is 0 Å². The number of hydrogen-bond donors (Lipinski definition) is 2. The van der Waals surface area contributed by atoms with Crippen LogP contribution >= 0.6 is 0 Å². The topological polar surface area (TPSA) is 84.1 Å². The third kappa shape index (κ3) is 4.42. The van der Waals surface area contributed by atoms with Crippen molar-refractivity contribution in [2.24, 2.45) is 0 Å². The molecule has 23 heavy (non-hydrogen) atoms. The molecule has 0 spiro atoms. The summed E-state index contributed by atoms with van der Waals surface area (Å²) in [7, 11) is 0. The summed E-state index contributed by atoms with van der Waals surface area (Å²) in [4.78, 5) is 23.9. The van der Waals surface area contributed by atoms with Crippen molar-refractivity contribution in [2.45, 2.75) is 33.3 Å². The Morgan fingerprint density at radius 2 is 1.96 bits per heavy atom. The van der Waals surface area contributed by atoms with Gasteiger partial charge in [-0.15, -0.1) is 0 Å². The van der Waals surface area contributed by atoms with Gasteiger partial charge in [-0.3, -0.25) is 14.7 Å². The number of carbonyl (C=O) groups is 2. The number of hydrogen-bond acceptors (Lipinski definition) is 4. The zero-order valence-electron chi connectivity index (χ0n) is 13.6. The lowest BCUT2D eigenvalue weighted by atomic mass is 9.98. The zero-order chi connectivity index (χ0) is 16.8. The average Bonchev–Trinajstić information content (AvgIpc) is 2.89. The second-order valence-electron chi connectivity index (χ2n) is 5.43. The molecule has 2 aromatic rings. The van der Waals surface area contributed by atoms with E-state index in [1.165, 1.54) is 0 Å². The molecule has 0 unspecified atom stereocenters. The average molecular weight is 315 g/mol. The van der Waals surface area contributed by atoms with Gasteiger partial charge in [0, 0.05) is 11.3 Å². The van der Waals surface area contributed by atoms with Gasteiger partial charge < -0.3 is 10.1 Å². The number of esters is 1. The predicted molar refractivity (Wildman–Crippen MR) is 85.7 cm³/mol. The smallest absolute Gasteiger partial charge is 0.325 e. The quantitative estimate of drug-likeness (QED) is 0.799. The molecule has 122 valence electrons. The van der Waals surface area contributed by atoms with Gasteiger partial charge >= 0.3 is 5.97 Å². The highest BCUT2D eigenvalue weighted by Crippen LogP contribution is 2.21. The van der Waals surface area contributed by atoms with Crippen molar-refractivity contribution in [1.29, 1.82) is 0 Å². The number of H-pyrrole nitrogens is 1. The van der Waals surface area contributed by atoms with Crippen LogP contribution in [0.4, 0.5) is 0 Å². The highest BCUT2D eigenvalue weighted by atomic mass is 16.5. The monoisotopic (exact) mass is 315 g/mol. The first-order chi connectivity index (χ1) is 11.0. The highest BCUT2D eigenvalue weighted by molar-refractivity contribution is 5.87. The van der Waals surface area contributed by atoms with Gasteiger partial charge in [0.05, 0.1) is 11.6 Å². The normalized spacial score (nSPS) is 11.8. The summed E-state index contributed by atoms with van der Waals surface area (Å²) in [5.74, 6) is -1.07. The lowest BCUT2D eigenvalue weighted by Gasteiger charge is -2.12. The van der Waals surface area contributed by atoms with Gasteiger partial charge in [0.2, 0.25) is 5.91 Å². The van der Waals surface area contributed by atoms with Crippen LogP contribution < -0.4 is 5.32 Å². The summed E-state index contributed by atoms with van der Waals surface area (Å²) in [5, 5.41) is 9.54. The standard InChI is InChI=1S/C17H21N3O3/c1-11(16-12(2)19-20-13(16)3)17(22)18-9-15(21)23-10-14-7-5-4-6-8-14/h4-8,11H,9-10H2,1-3H3,(H,18,22)(H,19,20)/t11-/m1/s1. The number of aromatic amines is 1. The minimum atomic E-state index is -0.463. The number of ether oxygens (including phenoxy) is 1.